The molecule has 1 atom stereocenters. The van der Waals surface area contributed by atoms with Crippen molar-refractivity contribution in [1.82, 2.24) is 0 Å². The number of carbonyl (C=O) groups is 1. The fraction of sp³-hybridized carbons (Fsp3) is 0.417. The summed E-state index contributed by atoms with van der Waals surface area (Å²) < 4.78 is 28.6. The number of hydrogen-bond acceptors (Lipinski definition) is 3. The van der Waals surface area contributed by atoms with Gasteiger partial charge in [-0.3, -0.25) is 0 Å². The minimum Gasteiger partial charge on any atom is -0.479 e. The van der Waals surface area contributed by atoms with E-state index in [1.165, 1.54) is 12.1 Å². The molecule has 0 saturated carbocycles. The lowest BCUT2D eigenvalue weighted by Gasteiger charge is -2.12. The summed E-state index contributed by atoms with van der Waals surface area (Å²) in [4.78, 5) is 10.7. The summed E-state index contributed by atoms with van der Waals surface area (Å²) >= 11 is 3.24. The Morgan fingerprint density at radius 2 is 2.05 bits per heavy atom. The first-order valence-corrected chi connectivity index (χ1v) is 6.61. The number of aliphatic hydroxyl groups is 1. The van der Waals surface area contributed by atoms with Crippen molar-refractivity contribution in [3.05, 3.63) is 29.3 Å². The third-order valence-electron chi connectivity index (χ3n) is 2.36. The van der Waals surface area contributed by atoms with Crippen molar-refractivity contribution in [2.24, 2.45) is 0 Å². The van der Waals surface area contributed by atoms with Crippen molar-refractivity contribution in [2.45, 2.75) is 25.6 Å². The molecule has 106 valence electrons. The summed E-state index contributed by atoms with van der Waals surface area (Å²) in [5.74, 6) is -1.60. The van der Waals surface area contributed by atoms with Crippen LogP contribution in [0.5, 0.6) is 5.75 Å². The number of aliphatic hydroxyl groups excluding tert-OH is 1. The number of aryl methyl sites for hydroxylation is 1. The maximum Gasteiger partial charge on any atom is 0.387 e. The summed E-state index contributed by atoms with van der Waals surface area (Å²) in [6, 6.07) is 3.98. The summed E-state index contributed by atoms with van der Waals surface area (Å²) in [5, 5.41) is 18.9. The van der Waals surface area contributed by atoms with E-state index in [1.54, 1.807) is 0 Å². The molecule has 0 saturated heterocycles. The topological polar surface area (TPSA) is 66.8 Å². The second-order valence-electron chi connectivity index (χ2n) is 3.82. The third-order valence-corrected chi connectivity index (χ3v) is 2.92. The minimum absolute atomic E-state index is 0.0234. The van der Waals surface area contributed by atoms with Gasteiger partial charge >= 0.3 is 12.6 Å². The molecule has 7 heteroatoms. The molecule has 0 bridgehead atoms. The number of alkyl halides is 3. The number of carboxylic acids is 1. The average molecular weight is 339 g/mol. The Bertz CT molecular complexity index is 440. The highest BCUT2D eigenvalue weighted by Crippen LogP contribution is 2.24. The number of aliphatic carboxylic acids is 1. The molecule has 1 unspecified atom stereocenters. The van der Waals surface area contributed by atoms with E-state index in [2.05, 4.69) is 20.7 Å². The Hall–Kier alpha value is -1.21. The number of halogens is 3. The summed E-state index contributed by atoms with van der Waals surface area (Å²) in [6.07, 6.45) is -0.449. The Morgan fingerprint density at radius 3 is 2.58 bits per heavy atom. The lowest BCUT2D eigenvalue weighted by Crippen LogP contribution is -2.12. The molecule has 1 aromatic carbocycles. The van der Waals surface area contributed by atoms with Gasteiger partial charge in [-0.15, -0.1) is 0 Å². The first-order valence-electron chi connectivity index (χ1n) is 5.49. The number of rotatable bonds is 7. The Labute approximate surface area is 117 Å². The quantitative estimate of drug-likeness (QED) is 0.750. The first-order chi connectivity index (χ1) is 8.93. The largest absolute Gasteiger partial charge is 0.479 e. The number of carboxylic acid groups (broad SMARTS) is 1. The van der Waals surface area contributed by atoms with Gasteiger partial charge in [0.15, 0.2) is 6.10 Å². The molecule has 0 radical (unpaired) electrons. The van der Waals surface area contributed by atoms with E-state index in [0.29, 0.717) is 12.0 Å². The van der Waals surface area contributed by atoms with Crippen molar-refractivity contribution in [3.8, 4) is 5.75 Å². The lowest BCUT2D eigenvalue weighted by molar-refractivity contribution is -0.146. The molecule has 0 aliphatic rings. The van der Waals surface area contributed by atoms with E-state index < -0.39 is 18.7 Å². The van der Waals surface area contributed by atoms with Crippen LogP contribution < -0.4 is 4.74 Å². The maximum absolute atomic E-state index is 12.2. The van der Waals surface area contributed by atoms with Crippen molar-refractivity contribution in [2.75, 3.05) is 5.33 Å². The van der Waals surface area contributed by atoms with Gasteiger partial charge in [-0.1, -0.05) is 22.0 Å². The molecule has 0 aromatic heterocycles. The Kier molecular flexibility index (Phi) is 6.17. The van der Waals surface area contributed by atoms with E-state index in [1.807, 2.05) is 0 Å². The van der Waals surface area contributed by atoms with Crippen LogP contribution in [0.4, 0.5) is 8.78 Å². The fourth-order valence-corrected chi connectivity index (χ4v) is 1.85. The summed E-state index contributed by atoms with van der Waals surface area (Å²) in [6.45, 7) is -3.00. The minimum atomic E-state index is -3.00. The molecule has 0 aliphatic heterocycles. The first kappa shape index (κ1) is 15.8. The van der Waals surface area contributed by atoms with Gasteiger partial charge in [-0.05, 0) is 36.1 Å². The fourth-order valence-electron chi connectivity index (χ4n) is 1.57. The lowest BCUT2D eigenvalue weighted by atomic mass is 10.0. The van der Waals surface area contributed by atoms with E-state index in [-0.39, 0.29) is 11.3 Å². The Balaban J connectivity index is 3.04. The zero-order chi connectivity index (χ0) is 14.4. The van der Waals surface area contributed by atoms with Gasteiger partial charge in [-0.2, -0.15) is 8.78 Å². The molecular formula is C12H13BrF2O4. The molecule has 1 aromatic rings. The normalized spacial score (nSPS) is 12.5. The van der Waals surface area contributed by atoms with Crippen LogP contribution in [0.15, 0.2) is 18.2 Å². The van der Waals surface area contributed by atoms with Gasteiger partial charge in [-0.25, -0.2) is 4.79 Å². The maximum atomic E-state index is 12.2. The Morgan fingerprint density at radius 1 is 1.37 bits per heavy atom. The predicted octanol–water partition coefficient (Wildman–Crippen LogP) is 2.73. The molecule has 2 N–H and O–H groups in total. The highest BCUT2D eigenvalue weighted by Gasteiger charge is 2.18. The van der Waals surface area contributed by atoms with Crippen LogP contribution >= 0.6 is 15.9 Å². The van der Waals surface area contributed by atoms with Gasteiger partial charge in [0, 0.05) is 5.33 Å². The number of hydrogen-bond donors (Lipinski definition) is 2. The summed E-state index contributed by atoms with van der Waals surface area (Å²) in [7, 11) is 0. The molecule has 1 rings (SSSR count). The number of ether oxygens (including phenoxy) is 1. The molecule has 0 spiro atoms. The van der Waals surface area contributed by atoms with E-state index in [0.717, 1.165) is 17.8 Å². The monoisotopic (exact) mass is 338 g/mol. The van der Waals surface area contributed by atoms with Crippen molar-refractivity contribution in [1.29, 1.82) is 0 Å². The standard InChI is InChI=1S/C12H13BrF2O4/c13-3-1-2-7-4-8(10(16)11(17)18)6-9(5-7)19-12(14)15/h4-6,10,12,16H,1-3H2,(H,17,18). The molecule has 19 heavy (non-hydrogen) atoms. The van der Waals surface area contributed by atoms with Crippen LogP contribution in [-0.2, 0) is 11.2 Å². The van der Waals surface area contributed by atoms with Crippen LogP contribution in [-0.4, -0.2) is 28.1 Å². The highest BCUT2D eigenvalue weighted by atomic mass is 79.9. The van der Waals surface area contributed by atoms with Crippen LogP contribution in [0.2, 0.25) is 0 Å². The molecular weight excluding hydrogens is 326 g/mol. The zero-order valence-electron chi connectivity index (χ0n) is 9.85. The third kappa shape index (κ3) is 5.12. The SMILES string of the molecule is O=C(O)C(O)c1cc(CCCBr)cc(OC(F)F)c1. The van der Waals surface area contributed by atoms with E-state index in [9.17, 15) is 18.7 Å². The molecule has 0 fully saturated rings. The summed E-state index contributed by atoms with van der Waals surface area (Å²) in [5.41, 5.74) is 0.656. The van der Waals surface area contributed by atoms with Gasteiger partial charge in [0.1, 0.15) is 5.75 Å². The van der Waals surface area contributed by atoms with Crippen LogP contribution in [0.25, 0.3) is 0 Å². The van der Waals surface area contributed by atoms with Crippen molar-refractivity contribution >= 4 is 21.9 Å². The zero-order valence-corrected chi connectivity index (χ0v) is 11.4. The van der Waals surface area contributed by atoms with Crippen LogP contribution in [0.1, 0.15) is 23.7 Å². The van der Waals surface area contributed by atoms with Crippen LogP contribution in [0.3, 0.4) is 0 Å². The van der Waals surface area contributed by atoms with Gasteiger partial charge in [0.25, 0.3) is 0 Å². The second kappa shape index (κ2) is 7.40. The van der Waals surface area contributed by atoms with E-state index in [4.69, 9.17) is 5.11 Å². The van der Waals surface area contributed by atoms with Gasteiger partial charge in [0.05, 0.1) is 0 Å². The smallest absolute Gasteiger partial charge is 0.387 e. The van der Waals surface area contributed by atoms with Gasteiger partial charge in [0.2, 0.25) is 0 Å². The molecule has 0 aliphatic carbocycles. The van der Waals surface area contributed by atoms with Crippen molar-refractivity contribution in [3.63, 3.8) is 0 Å². The van der Waals surface area contributed by atoms with E-state index >= 15 is 0 Å². The molecule has 0 heterocycles. The van der Waals surface area contributed by atoms with Crippen LogP contribution in [0, 0.1) is 0 Å². The molecule has 4 nitrogen and oxygen atoms in total. The second-order valence-corrected chi connectivity index (χ2v) is 4.62. The highest BCUT2D eigenvalue weighted by molar-refractivity contribution is 9.09. The van der Waals surface area contributed by atoms with Gasteiger partial charge < -0.3 is 14.9 Å². The molecule has 0 amide bonds. The number of benzene rings is 1. The average Bonchev–Trinajstić information content (AvgIpc) is 2.34. The van der Waals surface area contributed by atoms with Crippen molar-refractivity contribution < 1.29 is 28.5 Å². The predicted molar refractivity (Wildman–Crippen MR) is 67.8 cm³/mol.